The van der Waals surface area contributed by atoms with Crippen molar-refractivity contribution >= 4 is 17.4 Å². The van der Waals surface area contributed by atoms with Gasteiger partial charge in [0.15, 0.2) is 5.78 Å². The molecule has 0 bridgehead atoms. The molecular formula is C10H9NO3. The maximum absolute atomic E-state index is 11.4. The number of carbonyl (C=O) groups is 2. The summed E-state index contributed by atoms with van der Waals surface area (Å²) in [6.45, 7) is 3.17. The third-order valence-electron chi connectivity index (χ3n) is 1.71. The van der Waals surface area contributed by atoms with Crippen LogP contribution in [0.15, 0.2) is 36.4 Å². The van der Waals surface area contributed by atoms with E-state index >= 15 is 0 Å². The van der Waals surface area contributed by atoms with E-state index in [1.165, 1.54) is 24.3 Å². The Bertz CT molecular complexity index is 392. The minimum absolute atomic E-state index is 0.270. The van der Waals surface area contributed by atoms with Crippen LogP contribution in [0.1, 0.15) is 10.4 Å². The first-order valence-electron chi connectivity index (χ1n) is 3.85. The van der Waals surface area contributed by atoms with Gasteiger partial charge in [-0.05, 0) is 24.3 Å². The van der Waals surface area contributed by atoms with Gasteiger partial charge in [-0.15, -0.1) is 0 Å². The van der Waals surface area contributed by atoms with Crippen LogP contribution >= 0.6 is 0 Å². The summed E-state index contributed by atoms with van der Waals surface area (Å²) in [5.41, 5.74) is 5.75. The van der Waals surface area contributed by atoms with Crippen LogP contribution in [0.5, 0.6) is 0 Å². The van der Waals surface area contributed by atoms with E-state index < -0.39 is 17.3 Å². The average Bonchev–Trinajstić information content (AvgIpc) is 2.16. The second-order valence-electron chi connectivity index (χ2n) is 2.73. The number of ketones is 1. The number of carboxylic acid groups (broad SMARTS) is 1. The number of benzene rings is 1. The third kappa shape index (κ3) is 1.98. The highest BCUT2D eigenvalue weighted by molar-refractivity contribution is 6.23. The van der Waals surface area contributed by atoms with Crippen molar-refractivity contribution in [2.75, 3.05) is 5.73 Å². The maximum Gasteiger partial charge on any atom is 0.339 e. The first kappa shape index (κ1) is 9.98. The Balaban J connectivity index is 2.96. The SMILES string of the molecule is C=C(C(=O)O)C(=O)c1ccc(N)cc1. The summed E-state index contributed by atoms with van der Waals surface area (Å²) < 4.78 is 0. The summed E-state index contributed by atoms with van der Waals surface area (Å²) in [6.07, 6.45) is 0. The predicted molar refractivity (Wildman–Crippen MR) is 52.0 cm³/mol. The lowest BCUT2D eigenvalue weighted by Crippen LogP contribution is -2.11. The van der Waals surface area contributed by atoms with Crippen molar-refractivity contribution in [1.82, 2.24) is 0 Å². The summed E-state index contributed by atoms with van der Waals surface area (Å²) in [5, 5.41) is 8.52. The summed E-state index contributed by atoms with van der Waals surface area (Å²) >= 11 is 0. The van der Waals surface area contributed by atoms with Crippen LogP contribution < -0.4 is 5.73 Å². The predicted octanol–water partition coefficient (Wildman–Crippen LogP) is 1.09. The minimum Gasteiger partial charge on any atom is -0.478 e. The van der Waals surface area contributed by atoms with Gasteiger partial charge < -0.3 is 10.8 Å². The molecule has 3 N–H and O–H groups in total. The quantitative estimate of drug-likeness (QED) is 0.246. The van der Waals surface area contributed by atoms with Gasteiger partial charge >= 0.3 is 5.97 Å². The molecule has 0 aliphatic rings. The lowest BCUT2D eigenvalue weighted by atomic mass is 10.0. The summed E-state index contributed by atoms with van der Waals surface area (Å²) in [5.74, 6) is -1.91. The van der Waals surface area contributed by atoms with Crippen molar-refractivity contribution in [3.05, 3.63) is 42.0 Å². The molecule has 0 spiro atoms. The molecule has 1 aromatic carbocycles. The van der Waals surface area contributed by atoms with Gasteiger partial charge in [0.05, 0.1) is 0 Å². The van der Waals surface area contributed by atoms with Gasteiger partial charge in [-0.3, -0.25) is 4.79 Å². The van der Waals surface area contributed by atoms with E-state index in [-0.39, 0.29) is 5.56 Å². The van der Waals surface area contributed by atoms with Crippen molar-refractivity contribution in [2.24, 2.45) is 0 Å². The number of rotatable bonds is 3. The first-order valence-corrected chi connectivity index (χ1v) is 3.85. The Labute approximate surface area is 80.7 Å². The lowest BCUT2D eigenvalue weighted by Gasteiger charge is -2.00. The van der Waals surface area contributed by atoms with E-state index in [0.717, 1.165) is 0 Å². The summed E-state index contributed by atoms with van der Waals surface area (Å²) in [7, 11) is 0. The molecule has 1 aromatic rings. The normalized spacial score (nSPS) is 9.43. The zero-order valence-corrected chi connectivity index (χ0v) is 7.36. The number of anilines is 1. The van der Waals surface area contributed by atoms with Gasteiger partial charge in [0, 0.05) is 11.3 Å². The fraction of sp³-hybridized carbons (Fsp3) is 0. The highest BCUT2D eigenvalue weighted by Crippen LogP contribution is 2.10. The molecule has 0 heterocycles. The molecule has 4 nitrogen and oxygen atoms in total. The van der Waals surface area contributed by atoms with Gasteiger partial charge in [0.1, 0.15) is 5.57 Å². The number of nitrogen functional groups attached to an aromatic ring is 1. The number of hydrogen-bond acceptors (Lipinski definition) is 3. The Morgan fingerprint density at radius 3 is 2.14 bits per heavy atom. The second-order valence-corrected chi connectivity index (χ2v) is 2.73. The highest BCUT2D eigenvalue weighted by atomic mass is 16.4. The summed E-state index contributed by atoms with van der Waals surface area (Å²) in [6, 6.07) is 5.99. The molecule has 72 valence electrons. The zero-order valence-electron chi connectivity index (χ0n) is 7.36. The van der Waals surface area contributed by atoms with Crippen LogP contribution in [-0.2, 0) is 4.79 Å². The van der Waals surface area contributed by atoms with Gasteiger partial charge in [-0.2, -0.15) is 0 Å². The molecule has 0 amide bonds. The number of aliphatic carboxylic acids is 1. The van der Waals surface area contributed by atoms with Crippen LogP contribution in [-0.4, -0.2) is 16.9 Å². The lowest BCUT2D eigenvalue weighted by molar-refractivity contribution is -0.132. The fourth-order valence-electron chi connectivity index (χ4n) is 0.906. The molecule has 4 heteroatoms. The number of Topliss-reactive ketones (excluding diaryl/α,β-unsaturated/α-hetero) is 1. The number of carbonyl (C=O) groups excluding carboxylic acids is 1. The molecule has 1 rings (SSSR count). The first-order chi connectivity index (χ1) is 6.52. The zero-order chi connectivity index (χ0) is 10.7. The van der Waals surface area contributed by atoms with E-state index in [0.29, 0.717) is 5.69 Å². The molecule has 0 aliphatic carbocycles. The monoisotopic (exact) mass is 191 g/mol. The van der Waals surface area contributed by atoms with Crippen molar-refractivity contribution < 1.29 is 14.7 Å². The Morgan fingerprint density at radius 1 is 1.21 bits per heavy atom. The number of carboxylic acids is 1. The van der Waals surface area contributed by atoms with Gasteiger partial charge in [-0.1, -0.05) is 6.58 Å². The van der Waals surface area contributed by atoms with Gasteiger partial charge in [0.2, 0.25) is 0 Å². The molecule has 0 aromatic heterocycles. The van der Waals surface area contributed by atoms with E-state index in [4.69, 9.17) is 10.8 Å². The molecule has 0 fully saturated rings. The second kappa shape index (κ2) is 3.74. The van der Waals surface area contributed by atoms with Crippen molar-refractivity contribution in [3.8, 4) is 0 Å². The molecule has 0 saturated heterocycles. The largest absolute Gasteiger partial charge is 0.478 e. The van der Waals surface area contributed by atoms with Crippen LogP contribution in [0.3, 0.4) is 0 Å². The fourth-order valence-corrected chi connectivity index (χ4v) is 0.906. The molecule has 0 aliphatic heterocycles. The van der Waals surface area contributed by atoms with Crippen LogP contribution in [0.4, 0.5) is 5.69 Å². The Kier molecular flexibility index (Phi) is 2.67. The van der Waals surface area contributed by atoms with E-state index in [1.54, 1.807) is 0 Å². The smallest absolute Gasteiger partial charge is 0.339 e. The van der Waals surface area contributed by atoms with Gasteiger partial charge in [-0.25, -0.2) is 4.79 Å². The number of nitrogens with two attached hydrogens (primary N) is 1. The molecule has 0 saturated carbocycles. The average molecular weight is 191 g/mol. The van der Waals surface area contributed by atoms with Crippen LogP contribution in [0, 0.1) is 0 Å². The standard InChI is InChI=1S/C10H9NO3/c1-6(10(13)14)9(12)7-2-4-8(11)5-3-7/h2-5H,1,11H2,(H,13,14). The molecule has 0 radical (unpaired) electrons. The van der Waals surface area contributed by atoms with Crippen LogP contribution in [0.25, 0.3) is 0 Å². The van der Waals surface area contributed by atoms with E-state index in [1.807, 2.05) is 0 Å². The Hall–Kier alpha value is -2.10. The molecule has 0 atom stereocenters. The summed E-state index contributed by atoms with van der Waals surface area (Å²) in [4.78, 5) is 21.8. The topological polar surface area (TPSA) is 80.4 Å². The van der Waals surface area contributed by atoms with Crippen molar-refractivity contribution in [1.29, 1.82) is 0 Å². The highest BCUT2D eigenvalue weighted by Gasteiger charge is 2.15. The van der Waals surface area contributed by atoms with E-state index in [2.05, 4.69) is 6.58 Å². The number of hydrogen-bond donors (Lipinski definition) is 2. The molecule has 0 unspecified atom stereocenters. The van der Waals surface area contributed by atoms with Crippen LogP contribution in [0.2, 0.25) is 0 Å². The van der Waals surface area contributed by atoms with Gasteiger partial charge in [0.25, 0.3) is 0 Å². The van der Waals surface area contributed by atoms with Crippen molar-refractivity contribution in [3.63, 3.8) is 0 Å². The third-order valence-corrected chi connectivity index (χ3v) is 1.71. The molecular weight excluding hydrogens is 182 g/mol. The maximum atomic E-state index is 11.4. The van der Waals surface area contributed by atoms with Crippen molar-refractivity contribution in [2.45, 2.75) is 0 Å². The molecule has 14 heavy (non-hydrogen) atoms. The Morgan fingerprint density at radius 2 is 1.71 bits per heavy atom. The van der Waals surface area contributed by atoms with E-state index in [9.17, 15) is 9.59 Å². The minimum atomic E-state index is -1.31.